The quantitative estimate of drug-likeness (QED) is 0.363. The van der Waals surface area contributed by atoms with Crippen LogP contribution in [0.5, 0.6) is 0 Å². The Labute approximate surface area is 198 Å². The molecule has 2 unspecified atom stereocenters. The van der Waals surface area contributed by atoms with E-state index in [4.69, 9.17) is 4.74 Å². The van der Waals surface area contributed by atoms with Gasteiger partial charge >= 0.3 is 0 Å². The second-order valence-corrected chi connectivity index (χ2v) is 10.3. The van der Waals surface area contributed by atoms with Crippen molar-refractivity contribution >= 4 is 0 Å². The van der Waals surface area contributed by atoms with Crippen molar-refractivity contribution < 1.29 is 13.5 Å². The third-order valence-corrected chi connectivity index (χ3v) is 8.14. The Morgan fingerprint density at radius 1 is 0.788 bits per heavy atom. The van der Waals surface area contributed by atoms with E-state index >= 15 is 0 Å². The average Bonchev–Trinajstić information content (AvgIpc) is 2.87. The molecule has 2 aromatic rings. The van der Waals surface area contributed by atoms with E-state index in [1.165, 1.54) is 62.5 Å². The van der Waals surface area contributed by atoms with Gasteiger partial charge in [0.05, 0.1) is 12.7 Å². The van der Waals surface area contributed by atoms with Gasteiger partial charge in [-0.1, -0.05) is 63.1 Å². The van der Waals surface area contributed by atoms with E-state index in [9.17, 15) is 8.78 Å². The molecule has 2 atom stereocenters. The second-order valence-electron chi connectivity index (χ2n) is 10.3. The van der Waals surface area contributed by atoms with E-state index in [0.717, 1.165) is 12.8 Å². The molecule has 180 valence electrons. The minimum absolute atomic E-state index is 0.0335. The zero-order valence-corrected chi connectivity index (χ0v) is 20.4. The maximum Gasteiger partial charge on any atom is 0.162 e. The second kappa shape index (κ2) is 11.6. The molecule has 1 heterocycles. The van der Waals surface area contributed by atoms with E-state index in [2.05, 4.69) is 31.2 Å². The van der Waals surface area contributed by atoms with Crippen LogP contribution in [0.2, 0.25) is 0 Å². The fraction of sp³-hybridized carbons (Fsp3) is 0.600. The van der Waals surface area contributed by atoms with Gasteiger partial charge < -0.3 is 4.74 Å². The Hall–Kier alpha value is -1.74. The van der Waals surface area contributed by atoms with Gasteiger partial charge in [0.25, 0.3) is 0 Å². The van der Waals surface area contributed by atoms with E-state index < -0.39 is 11.6 Å². The molecule has 0 spiro atoms. The molecule has 3 heteroatoms. The molecule has 1 saturated carbocycles. The van der Waals surface area contributed by atoms with Gasteiger partial charge in [-0.15, -0.1) is 0 Å². The Morgan fingerprint density at radius 2 is 1.52 bits per heavy atom. The lowest BCUT2D eigenvalue weighted by molar-refractivity contribution is -0.0416. The summed E-state index contributed by atoms with van der Waals surface area (Å²) < 4.78 is 35.0. The Kier molecular flexibility index (Phi) is 8.57. The molecule has 1 nitrogen and oxygen atoms in total. The maximum absolute atomic E-state index is 14.6. The Bertz CT molecular complexity index is 875. The summed E-state index contributed by atoms with van der Waals surface area (Å²) in [5.41, 5.74) is 3.90. The van der Waals surface area contributed by atoms with Gasteiger partial charge in [-0.2, -0.15) is 0 Å². The molecule has 1 saturated heterocycles. The molecule has 2 fully saturated rings. The van der Waals surface area contributed by atoms with Crippen molar-refractivity contribution in [2.75, 3.05) is 6.61 Å². The van der Waals surface area contributed by atoms with E-state index in [-0.39, 0.29) is 12.0 Å². The van der Waals surface area contributed by atoms with Crippen LogP contribution in [0.1, 0.15) is 106 Å². The van der Waals surface area contributed by atoms with Gasteiger partial charge in [0, 0.05) is 5.92 Å². The van der Waals surface area contributed by atoms with Crippen molar-refractivity contribution in [1.29, 1.82) is 0 Å². The molecule has 1 aliphatic heterocycles. The van der Waals surface area contributed by atoms with Gasteiger partial charge in [-0.25, -0.2) is 8.78 Å². The first-order chi connectivity index (χ1) is 16.1. The van der Waals surface area contributed by atoms with Gasteiger partial charge in [-0.05, 0) is 91.9 Å². The molecule has 0 aromatic heterocycles. The smallest absolute Gasteiger partial charge is 0.162 e. The molecule has 0 bridgehead atoms. The first-order valence-electron chi connectivity index (χ1n) is 13.3. The monoisotopic (exact) mass is 454 g/mol. The lowest BCUT2D eigenvalue weighted by atomic mass is 9.74. The molecule has 1 aliphatic carbocycles. The SMILES string of the molecule is CCCCCc1ccc(C2CCC(C3CCC(c4ccc(CC)c(F)c4F)CO3)CC2)cc1. The third kappa shape index (κ3) is 5.85. The third-order valence-electron chi connectivity index (χ3n) is 8.14. The predicted molar refractivity (Wildman–Crippen MR) is 132 cm³/mol. The summed E-state index contributed by atoms with van der Waals surface area (Å²) >= 11 is 0. The van der Waals surface area contributed by atoms with E-state index in [1.54, 1.807) is 12.1 Å². The van der Waals surface area contributed by atoms with Gasteiger partial charge in [0.15, 0.2) is 11.6 Å². The molecule has 2 aliphatic rings. The first-order valence-corrected chi connectivity index (χ1v) is 13.3. The van der Waals surface area contributed by atoms with E-state index in [1.807, 2.05) is 6.92 Å². The number of hydrogen-bond acceptors (Lipinski definition) is 1. The van der Waals surface area contributed by atoms with Crippen LogP contribution in [0, 0.1) is 17.6 Å². The number of hydrogen-bond donors (Lipinski definition) is 0. The number of benzene rings is 2. The maximum atomic E-state index is 14.6. The summed E-state index contributed by atoms with van der Waals surface area (Å²) in [5.74, 6) is -0.118. The van der Waals surface area contributed by atoms with Gasteiger partial charge in [0.1, 0.15) is 0 Å². The minimum Gasteiger partial charge on any atom is -0.377 e. The predicted octanol–water partition coefficient (Wildman–Crippen LogP) is 8.50. The number of aryl methyl sites for hydroxylation is 2. The van der Waals surface area contributed by atoms with Crippen molar-refractivity contribution in [1.82, 2.24) is 0 Å². The highest BCUT2D eigenvalue weighted by molar-refractivity contribution is 5.29. The number of rotatable bonds is 8. The Morgan fingerprint density at radius 3 is 2.15 bits per heavy atom. The highest BCUT2D eigenvalue weighted by atomic mass is 19.2. The summed E-state index contributed by atoms with van der Waals surface area (Å²) in [5, 5.41) is 0. The molecular formula is C30H40F2O. The van der Waals surface area contributed by atoms with Crippen LogP contribution in [-0.4, -0.2) is 12.7 Å². The highest BCUT2D eigenvalue weighted by Gasteiger charge is 2.33. The topological polar surface area (TPSA) is 9.23 Å². The van der Waals surface area contributed by atoms with Crippen LogP contribution < -0.4 is 0 Å². The Balaban J connectivity index is 1.26. The van der Waals surface area contributed by atoms with Crippen LogP contribution in [0.25, 0.3) is 0 Å². The fourth-order valence-corrected chi connectivity index (χ4v) is 5.94. The molecule has 0 N–H and O–H groups in total. The van der Waals surface area contributed by atoms with Crippen LogP contribution in [0.15, 0.2) is 36.4 Å². The van der Waals surface area contributed by atoms with Crippen LogP contribution in [0.3, 0.4) is 0 Å². The van der Waals surface area contributed by atoms with Gasteiger partial charge in [0.2, 0.25) is 0 Å². The molecule has 0 radical (unpaired) electrons. The molecule has 2 aromatic carbocycles. The normalized spacial score (nSPS) is 25.8. The average molecular weight is 455 g/mol. The van der Waals surface area contributed by atoms with Crippen molar-refractivity contribution in [3.8, 4) is 0 Å². The summed E-state index contributed by atoms with van der Waals surface area (Å²) in [6, 6.07) is 12.9. The standard InChI is InChI=1S/C30H40F2O/c1-3-5-6-7-21-8-10-23(11-9-21)24-12-14-25(15-13-24)28-19-17-26(20-33-28)27-18-16-22(4-2)29(31)30(27)32/h8-11,16,18,24-26,28H,3-7,12-15,17,19-20H2,1-2H3. The fourth-order valence-electron chi connectivity index (χ4n) is 5.94. The van der Waals surface area contributed by atoms with Crippen molar-refractivity contribution in [2.45, 2.75) is 102 Å². The van der Waals surface area contributed by atoms with Crippen molar-refractivity contribution in [3.63, 3.8) is 0 Å². The molecule has 4 rings (SSSR count). The highest BCUT2D eigenvalue weighted by Crippen LogP contribution is 2.41. The summed E-state index contributed by atoms with van der Waals surface area (Å²) in [6.45, 7) is 4.61. The van der Waals surface area contributed by atoms with Crippen molar-refractivity contribution in [2.24, 2.45) is 5.92 Å². The first kappa shape index (κ1) is 24.4. The number of ether oxygens (including phenoxy) is 1. The molecule has 33 heavy (non-hydrogen) atoms. The summed E-state index contributed by atoms with van der Waals surface area (Å²) in [4.78, 5) is 0. The summed E-state index contributed by atoms with van der Waals surface area (Å²) in [7, 11) is 0. The van der Waals surface area contributed by atoms with Crippen molar-refractivity contribution in [3.05, 3.63) is 70.3 Å². The minimum atomic E-state index is -0.676. The van der Waals surface area contributed by atoms with Gasteiger partial charge in [-0.3, -0.25) is 0 Å². The van der Waals surface area contributed by atoms with Crippen LogP contribution in [0.4, 0.5) is 8.78 Å². The molecule has 0 amide bonds. The lowest BCUT2D eigenvalue weighted by Crippen LogP contribution is -2.33. The lowest BCUT2D eigenvalue weighted by Gasteiger charge is -2.38. The van der Waals surface area contributed by atoms with Crippen LogP contribution in [-0.2, 0) is 17.6 Å². The number of unbranched alkanes of at least 4 members (excludes halogenated alkanes) is 2. The summed E-state index contributed by atoms with van der Waals surface area (Å²) in [6.07, 6.45) is 12.5. The molecular weight excluding hydrogens is 414 g/mol. The largest absolute Gasteiger partial charge is 0.377 e. The van der Waals surface area contributed by atoms with E-state index in [0.29, 0.717) is 36.0 Å². The van der Waals surface area contributed by atoms with Crippen LogP contribution >= 0.6 is 0 Å². The number of halogens is 2. The zero-order valence-electron chi connectivity index (χ0n) is 20.4. The zero-order chi connectivity index (χ0) is 23.2.